The predicted octanol–water partition coefficient (Wildman–Crippen LogP) is 3.09. The Morgan fingerprint density at radius 1 is 1.11 bits per heavy atom. The number of ether oxygens (including phenoxy) is 1. The molecule has 6 nitrogen and oxygen atoms in total. The first kappa shape index (κ1) is 19.7. The van der Waals surface area contributed by atoms with Crippen molar-refractivity contribution in [3.63, 3.8) is 0 Å². The van der Waals surface area contributed by atoms with E-state index >= 15 is 0 Å². The van der Waals surface area contributed by atoms with Crippen molar-refractivity contribution in [2.45, 2.75) is 6.42 Å². The molecule has 0 bridgehead atoms. The average molecular weight is 396 g/mol. The van der Waals surface area contributed by atoms with Crippen LogP contribution in [-0.2, 0) is 16.0 Å². The Labute approximate surface area is 167 Å². The molecule has 0 radical (unpaired) electrons. The van der Waals surface area contributed by atoms with Crippen LogP contribution in [0.3, 0.4) is 0 Å². The second-order valence-electron chi connectivity index (χ2n) is 6.13. The molecule has 1 N–H and O–H groups in total. The van der Waals surface area contributed by atoms with E-state index < -0.39 is 11.1 Å². The van der Waals surface area contributed by atoms with Crippen molar-refractivity contribution >= 4 is 34.9 Å². The predicted molar refractivity (Wildman–Crippen MR) is 109 cm³/mol. The van der Waals surface area contributed by atoms with Gasteiger partial charge in [0.05, 0.1) is 12.0 Å². The van der Waals surface area contributed by atoms with Crippen LogP contribution in [0.5, 0.6) is 5.75 Å². The van der Waals surface area contributed by atoms with E-state index in [-0.39, 0.29) is 12.5 Å². The van der Waals surface area contributed by atoms with Crippen molar-refractivity contribution in [1.29, 1.82) is 0 Å². The van der Waals surface area contributed by atoms with Gasteiger partial charge < -0.3 is 10.1 Å². The van der Waals surface area contributed by atoms with E-state index in [0.29, 0.717) is 17.9 Å². The molecule has 0 aromatic heterocycles. The Morgan fingerprint density at radius 3 is 2.50 bits per heavy atom. The smallest absolute Gasteiger partial charge is 0.294 e. The average Bonchev–Trinajstić information content (AvgIpc) is 2.96. The number of imide groups is 1. The second kappa shape index (κ2) is 9.23. The lowest BCUT2D eigenvalue weighted by Crippen LogP contribution is -2.40. The van der Waals surface area contributed by atoms with Gasteiger partial charge >= 0.3 is 0 Å². The normalized spacial score (nSPS) is 15.2. The van der Waals surface area contributed by atoms with Crippen LogP contribution < -0.4 is 10.1 Å². The highest BCUT2D eigenvalue weighted by atomic mass is 32.2. The molecule has 3 rings (SSSR count). The maximum atomic E-state index is 12.4. The molecule has 1 saturated heterocycles. The summed E-state index contributed by atoms with van der Waals surface area (Å²) in [6.45, 7) is 0.140. The van der Waals surface area contributed by atoms with Crippen molar-refractivity contribution in [3.8, 4) is 5.75 Å². The number of hydrogen-bond acceptors (Lipinski definition) is 5. The highest BCUT2D eigenvalue weighted by Crippen LogP contribution is 2.31. The van der Waals surface area contributed by atoms with Gasteiger partial charge in [0.15, 0.2) is 0 Å². The third-order valence-electron chi connectivity index (χ3n) is 4.17. The van der Waals surface area contributed by atoms with Gasteiger partial charge in [0.2, 0.25) is 5.91 Å². The monoisotopic (exact) mass is 396 g/mol. The van der Waals surface area contributed by atoms with Crippen LogP contribution in [0.2, 0.25) is 0 Å². The Morgan fingerprint density at radius 2 is 1.82 bits per heavy atom. The molecule has 2 aromatic rings. The van der Waals surface area contributed by atoms with Crippen LogP contribution in [0.4, 0.5) is 4.79 Å². The Balaban J connectivity index is 1.51. The molecule has 2 aromatic carbocycles. The number of carbonyl (C=O) groups is 3. The van der Waals surface area contributed by atoms with E-state index in [1.54, 1.807) is 13.2 Å². The van der Waals surface area contributed by atoms with Crippen molar-refractivity contribution < 1.29 is 19.1 Å². The fourth-order valence-corrected chi connectivity index (χ4v) is 3.51. The number of methoxy groups -OCH3 is 1. The molecule has 144 valence electrons. The lowest BCUT2D eigenvalue weighted by Gasteiger charge is -2.12. The summed E-state index contributed by atoms with van der Waals surface area (Å²) >= 11 is 0.849. The minimum Gasteiger partial charge on any atom is -0.497 e. The number of nitrogens with one attached hydrogen (secondary N) is 1. The first-order valence-electron chi connectivity index (χ1n) is 8.77. The maximum Gasteiger partial charge on any atom is 0.294 e. The number of thioether (sulfide) groups is 1. The zero-order valence-corrected chi connectivity index (χ0v) is 16.2. The van der Waals surface area contributed by atoms with Gasteiger partial charge in [-0.15, -0.1) is 0 Å². The fourth-order valence-electron chi connectivity index (χ4n) is 2.67. The van der Waals surface area contributed by atoms with Crippen LogP contribution in [-0.4, -0.2) is 42.2 Å². The molecule has 1 aliphatic heterocycles. The number of nitrogens with zero attached hydrogens (tertiary/aromatic N) is 1. The van der Waals surface area contributed by atoms with Crippen molar-refractivity contribution in [2.75, 3.05) is 20.2 Å². The zero-order chi connectivity index (χ0) is 19.9. The van der Waals surface area contributed by atoms with E-state index in [4.69, 9.17) is 4.74 Å². The summed E-state index contributed by atoms with van der Waals surface area (Å²) in [5.41, 5.74) is 1.88. The van der Waals surface area contributed by atoms with Crippen molar-refractivity contribution in [2.24, 2.45) is 0 Å². The molecule has 0 saturated carbocycles. The second-order valence-corrected chi connectivity index (χ2v) is 7.12. The highest BCUT2D eigenvalue weighted by molar-refractivity contribution is 8.18. The lowest BCUT2D eigenvalue weighted by atomic mass is 10.1. The number of hydrogen-bond donors (Lipinski definition) is 1. The van der Waals surface area contributed by atoms with E-state index in [9.17, 15) is 14.4 Å². The molecule has 0 atom stereocenters. The third kappa shape index (κ3) is 5.01. The topological polar surface area (TPSA) is 75.7 Å². The number of carbonyl (C=O) groups excluding carboxylic acids is 3. The van der Waals surface area contributed by atoms with Gasteiger partial charge in [0.1, 0.15) is 12.3 Å². The first-order chi connectivity index (χ1) is 13.6. The first-order valence-corrected chi connectivity index (χ1v) is 9.58. The van der Waals surface area contributed by atoms with Gasteiger partial charge in [-0.25, -0.2) is 0 Å². The third-order valence-corrected chi connectivity index (χ3v) is 5.07. The molecular formula is C21H20N2O4S. The van der Waals surface area contributed by atoms with Gasteiger partial charge in [0, 0.05) is 6.54 Å². The Kier molecular flexibility index (Phi) is 6.49. The van der Waals surface area contributed by atoms with Crippen LogP contribution in [0.25, 0.3) is 6.08 Å². The number of rotatable bonds is 7. The molecule has 1 aliphatic rings. The summed E-state index contributed by atoms with van der Waals surface area (Å²) in [6.07, 6.45) is 2.30. The van der Waals surface area contributed by atoms with E-state index in [1.165, 1.54) is 0 Å². The van der Waals surface area contributed by atoms with Gasteiger partial charge in [-0.2, -0.15) is 0 Å². The quantitative estimate of drug-likeness (QED) is 0.728. The molecule has 0 spiro atoms. The number of benzene rings is 2. The standard InChI is InChI=1S/C21H20N2O4S/c1-27-17-9-7-15(8-10-17)11-12-22-19(24)14-23-20(25)18(28-21(23)26)13-16-5-3-2-4-6-16/h2-10,13H,11-12,14H2,1H3,(H,22,24)/b18-13+. The summed E-state index contributed by atoms with van der Waals surface area (Å²) in [5.74, 6) is -0.0309. The summed E-state index contributed by atoms with van der Waals surface area (Å²) < 4.78 is 5.11. The molecule has 0 unspecified atom stereocenters. The van der Waals surface area contributed by atoms with Crippen LogP contribution in [0, 0.1) is 0 Å². The summed E-state index contributed by atoms with van der Waals surface area (Å²) in [5, 5.41) is 2.31. The molecule has 1 heterocycles. The highest BCUT2D eigenvalue weighted by Gasteiger charge is 2.36. The molecule has 7 heteroatoms. The van der Waals surface area contributed by atoms with Crippen LogP contribution in [0.1, 0.15) is 11.1 Å². The maximum absolute atomic E-state index is 12.4. The van der Waals surface area contributed by atoms with Gasteiger partial charge in [-0.1, -0.05) is 42.5 Å². The Bertz CT molecular complexity index is 894. The summed E-state index contributed by atoms with van der Waals surface area (Å²) in [4.78, 5) is 38.0. The molecule has 3 amide bonds. The zero-order valence-electron chi connectivity index (χ0n) is 15.4. The minimum atomic E-state index is -0.441. The van der Waals surface area contributed by atoms with Gasteiger partial charge in [-0.05, 0) is 47.5 Å². The van der Waals surface area contributed by atoms with Crippen molar-refractivity contribution in [3.05, 3.63) is 70.6 Å². The molecular weight excluding hydrogens is 376 g/mol. The SMILES string of the molecule is COc1ccc(CCNC(=O)CN2C(=O)S/C(=C/c3ccccc3)C2=O)cc1. The largest absolute Gasteiger partial charge is 0.497 e. The molecule has 0 aliphatic carbocycles. The van der Waals surface area contributed by atoms with E-state index in [1.807, 2.05) is 54.6 Å². The van der Waals surface area contributed by atoms with Gasteiger partial charge in [0.25, 0.3) is 11.1 Å². The Hall–Kier alpha value is -3.06. The summed E-state index contributed by atoms with van der Waals surface area (Å²) in [7, 11) is 1.61. The fraction of sp³-hybridized carbons (Fsp3) is 0.190. The molecule has 28 heavy (non-hydrogen) atoms. The molecule has 1 fully saturated rings. The van der Waals surface area contributed by atoms with Gasteiger partial charge in [-0.3, -0.25) is 19.3 Å². The minimum absolute atomic E-state index is 0.278. The van der Waals surface area contributed by atoms with Crippen LogP contribution in [0.15, 0.2) is 59.5 Å². The lowest BCUT2D eigenvalue weighted by molar-refractivity contribution is -0.129. The number of amides is 3. The van der Waals surface area contributed by atoms with E-state index in [0.717, 1.165) is 33.5 Å². The summed E-state index contributed by atoms with van der Waals surface area (Å²) in [6, 6.07) is 16.8. The van der Waals surface area contributed by atoms with Crippen LogP contribution >= 0.6 is 11.8 Å². The van der Waals surface area contributed by atoms with Crippen molar-refractivity contribution in [1.82, 2.24) is 10.2 Å². The van der Waals surface area contributed by atoms with E-state index in [2.05, 4.69) is 5.32 Å².